The van der Waals surface area contributed by atoms with Gasteiger partial charge >= 0.3 is 0 Å². The molecule has 1 aliphatic carbocycles. The summed E-state index contributed by atoms with van der Waals surface area (Å²) in [6.45, 7) is 5.80. The Morgan fingerprint density at radius 2 is 2.03 bits per heavy atom. The number of anilines is 3. The average Bonchev–Trinajstić information content (AvgIpc) is 3.18. The maximum absolute atomic E-state index is 12.4. The molecule has 8 nitrogen and oxygen atoms in total. The van der Waals surface area contributed by atoms with Crippen LogP contribution in [-0.4, -0.2) is 57.6 Å². The fourth-order valence-corrected chi connectivity index (χ4v) is 6.99. The molecule has 0 amide bonds. The number of nitrogens with one attached hydrogen (secondary N) is 1. The smallest absolute Gasteiger partial charge is 0.158 e. The first-order valence-corrected chi connectivity index (χ1v) is 14.1. The minimum absolute atomic E-state index is 0.129. The predicted molar refractivity (Wildman–Crippen MR) is 142 cm³/mol. The standard InChI is InChI=1S/C23H34ClN7OS2/c1-15(2)34(32)29-17-6-5-8-23(17)9-12-31(13-10-23)18-14-27-22(20(25)28-18)33-16-7-11-26-21(19(16)24)30(3)4/h7,11,14-15,17,29H,5-6,8-10,12-13H2,1-4H3,(H2,25,28). The van der Waals surface area contributed by atoms with Crippen LogP contribution in [0.5, 0.6) is 0 Å². The van der Waals surface area contributed by atoms with E-state index in [4.69, 9.17) is 17.3 Å². The summed E-state index contributed by atoms with van der Waals surface area (Å²) >= 11 is 7.93. The summed E-state index contributed by atoms with van der Waals surface area (Å²) in [4.78, 5) is 18.6. The first-order chi connectivity index (χ1) is 16.2. The van der Waals surface area contributed by atoms with Gasteiger partial charge in [0.25, 0.3) is 0 Å². The predicted octanol–water partition coefficient (Wildman–Crippen LogP) is 4.13. The second-order valence-corrected chi connectivity index (χ2v) is 12.8. The van der Waals surface area contributed by atoms with Crippen molar-refractivity contribution in [1.82, 2.24) is 19.7 Å². The van der Waals surface area contributed by atoms with Gasteiger partial charge in [0.2, 0.25) is 0 Å². The van der Waals surface area contributed by atoms with Crippen molar-refractivity contribution >= 4 is 51.8 Å². The highest BCUT2D eigenvalue weighted by Crippen LogP contribution is 2.47. The maximum atomic E-state index is 12.4. The summed E-state index contributed by atoms with van der Waals surface area (Å²) in [5, 5.41) is 1.33. The van der Waals surface area contributed by atoms with E-state index < -0.39 is 11.0 Å². The lowest BCUT2D eigenvalue weighted by Gasteiger charge is -2.43. The molecule has 3 N–H and O–H groups in total. The quantitative estimate of drug-likeness (QED) is 0.559. The lowest BCUT2D eigenvalue weighted by atomic mass is 9.74. The van der Waals surface area contributed by atoms with Crippen molar-refractivity contribution in [1.29, 1.82) is 0 Å². The highest BCUT2D eigenvalue weighted by molar-refractivity contribution is 7.99. The van der Waals surface area contributed by atoms with Crippen molar-refractivity contribution in [2.75, 3.05) is 42.7 Å². The van der Waals surface area contributed by atoms with Gasteiger partial charge in [0.05, 0.1) is 22.2 Å². The zero-order valence-corrected chi connectivity index (χ0v) is 22.6. The maximum Gasteiger partial charge on any atom is 0.158 e. The number of hydrogen-bond acceptors (Lipinski definition) is 8. The molecule has 0 aromatic carbocycles. The van der Waals surface area contributed by atoms with Crippen LogP contribution in [0.3, 0.4) is 0 Å². The zero-order chi connectivity index (χ0) is 24.5. The number of nitrogens with two attached hydrogens (primary N) is 1. The monoisotopic (exact) mass is 523 g/mol. The van der Waals surface area contributed by atoms with Gasteiger partial charge in [0.1, 0.15) is 16.7 Å². The molecule has 2 aromatic rings. The van der Waals surface area contributed by atoms with E-state index in [1.807, 2.05) is 38.9 Å². The van der Waals surface area contributed by atoms with Crippen LogP contribution in [0.25, 0.3) is 0 Å². The highest BCUT2D eigenvalue weighted by Gasteiger charge is 2.45. The number of rotatable bonds is 7. The van der Waals surface area contributed by atoms with Crippen LogP contribution >= 0.6 is 23.4 Å². The minimum Gasteiger partial charge on any atom is -0.381 e. The van der Waals surface area contributed by atoms with Gasteiger partial charge in [-0.15, -0.1) is 0 Å². The van der Waals surface area contributed by atoms with E-state index in [0.717, 1.165) is 43.1 Å². The Morgan fingerprint density at radius 3 is 2.68 bits per heavy atom. The summed E-state index contributed by atoms with van der Waals surface area (Å²) in [5.41, 5.74) is 6.53. The molecule has 2 atom stereocenters. The fraction of sp³-hybridized carbons (Fsp3) is 0.609. The Bertz CT molecular complexity index is 1040. The van der Waals surface area contributed by atoms with E-state index in [0.29, 0.717) is 27.7 Å². The molecule has 4 rings (SSSR count). The van der Waals surface area contributed by atoms with Gasteiger partial charge in [-0.1, -0.05) is 29.8 Å². The molecule has 2 unspecified atom stereocenters. The topological polar surface area (TPSA) is 100 Å². The second kappa shape index (κ2) is 10.6. The number of hydrogen-bond donors (Lipinski definition) is 2. The van der Waals surface area contributed by atoms with Crippen LogP contribution in [0.4, 0.5) is 17.5 Å². The third kappa shape index (κ3) is 5.29. The molecule has 2 aliphatic rings. The van der Waals surface area contributed by atoms with Crippen molar-refractivity contribution < 1.29 is 4.21 Å². The van der Waals surface area contributed by atoms with Crippen molar-refractivity contribution in [2.24, 2.45) is 5.41 Å². The number of nitrogen functional groups attached to an aromatic ring is 1. The molecule has 0 bridgehead atoms. The number of piperidine rings is 1. The molecule has 1 saturated heterocycles. The highest BCUT2D eigenvalue weighted by atomic mass is 35.5. The van der Waals surface area contributed by atoms with Crippen molar-refractivity contribution in [3.8, 4) is 0 Å². The Kier molecular flexibility index (Phi) is 7.91. The van der Waals surface area contributed by atoms with Crippen LogP contribution < -0.4 is 20.3 Å². The molecule has 3 heterocycles. The molecule has 1 spiro atoms. The third-order valence-electron chi connectivity index (χ3n) is 6.89. The average molecular weight is 524 g/mol. The summed E-state index contributed by atoms with van der Waals surface area (Å²) in [5.74, 6) is 1.91. The van der Waals surface area contributed by atoms with E-state index in [-0.39, 0.29) is 10.7 Å². The first-order valence-electron chi connectivity index (χ1n) is 11.7. The summed E-state index contributed by atoms with van der Waals surface area (Å²) in [7, 11) is 2.83. The normalized spacial score (nSPS) is 20.8. The number of nitrogens with zero attached hydrogens (tertiary/aromatic N) is 5. The third-order valence-corrected chi connectivity index (χ3v) is 9.82. The van der Waals surface area contributed by atoms with E-state index in [2.05, 4.69) is 24.6 Å². The molecule has 186 valence electrons. The SMILES string of the molecule is CC(C)S(=O)NC1CCCC12CCN(c1cnc(Sc3ccnc(N(C)C)c3Cl)c(N)n1)CC2. The van der Waals surface area contributed by atoms with Crippen LogP contribution in [0, 0.1) is 5.41 Å². The molecule has 1 saturated carbocycles. The van der Waals surface area contributed by atoms with Crippen LogP contribution in [-0.2, 0) is 11.0 Å². The van der Waals surface area contributed by atoms with Gasteiger partial charge in [-0.2, -0.15) is 0 Å². The van der Waals surface area contributed by atoms with Gasteiger partial charge in [-0.25, -0.2) is 23.9 Å². The van der Waals surface area contributed by atoms with Crippen molar-refractivity contribution in [3.05, 3.63) is 23.5 Å². The van der Waals surface area contributed by atoms with E-state index in [9.17, 15) is 4.21 Å². The second-order valence-electron chi connectivity index (χ2n) is 9.62. The zero-order valence-electron chi connectivity index (χ0n) is 20.3. The Labute approximate surface area is 214 Å². The number of halogens is 1. The molecule has 2 fully saturated rings. The summed E-state index contributed by atoms with van der Waals surface area (Å²) < 4.78 is 15.9. The lowest BCUT2D eigenvalue weighted by molar-refractivity contribution is 0.188. The van der Waals surface area contributed by atoms with Gasteiger partial charge in [-0.3, -0.25) is 0 Å². The van der Waals surface area contributed by atoms with E-state index in [1.54, 1.807) is 12.4 Å². The van der Waals surface area contributed by atoms with Crippen LogP contribution in [0.15, 0.2) is 28.4 Å². The number of aromatic nitrogens is 3. The molecular weight excluding hydrogens is 490 g/mol. The molecule has 11 heteroatoms. The largest absolute Gasteiger partial charge is 0.381 e. The van der Waals surface area contributed by atoms with Gasteiger partial charge in [0, 0.05) is 49.6 Å². The van der Waals surface area contributed by atoms with Gasteiger partial charge in [0.15, 0.2) is 5.82 Å². The van der Waals surface area contributed by atoms with Crippen molar-refractivity contribution in [3.63, 3.8) is 0 Å². The van der Waals surface area contributed by atoms with Gasteiger partial charge in [-0.05, 0) is 51.0 Å². The Morgan fingerprint density at radius 1 is 1.29 bits per heavy atom. The molecule has 1 aliphatic heterocycles. The van der Waals surface area contributed by atoms with Gasteiger partial charge < -0.3 is 15.5 Å². The molecule has 0 radical (unpaired) electrons. The van der Waals surface area contributed by atoms with Crippen LogP contribution in [0.2, 0.25) is 5.02 Å². The Balaban J connectivity index is 1.43. The van der Waals surface area contributed by atoms with Crippen LogP contribution in [0.1, 0.15) is 46.0 Å². The molecular formula is C23H34ClN7OS2. The molecule has 34 heavy (non-hydrogen) atoms. The minimum atomic E-state index is -0.984. The van der Waals surface area contributed by atoms with E-state index >= 15 is 0 Å². The van der Waals surface area contributed by atoms with E-state index in [1.165, 1.54) is 24.6 Å². The lowest BCUT2D eigenvalue weighted by Crippen LogP contribution is -2.50. The molecule has 2 aromatic heterocycles. The fourth-order valence-electron chi connectivity index (χ4n) is 4.90. The Hall–Kier alpha value is -1.62. The first kappa shape index (κ1) is 25.5. The summed E-state index contributed by atoms with van der Waals surface area (Å²) in [6, 6.07) is 2.18. The summed E-state index contributed by atoms with van der Waals surface area (Å²) in [6.07, 6.45) is 9.13. The number of pyridine rings is 1. The van der Waals surface area contributed by atoms with Crippen molar-refractivity contribution in [2.45, 2.75) is 67.2 Å².